The fourth-order valence-electron chi connectivity index (χ4n) is 3.63. The Bertz CT molecular complexity index is 334. The lowest BCUT2D eigenvalue weighted by molar-refractivity contribution is -0.132. The summed E-state index contributed by atoms with van der Waals surface area (Å²) in [6, 6.07) is 0.524. The number of amides is 1. The van der Waals surface area contributed by atoms with E-state index in [0.29, 0.717) is 17.9 Å². The van der Waals surface area contributed by atoms with Crippen molar-refractivity contribution >= 4 is 17.7 Å². The molecule has 2 fully saturated rings. The average Bonchev–Trinajstić information content (AvgIpc) is 2.94. The second-order valence-electron chi connectivity index (χ2n) is 6.56. The van der Waals surface area contributed by atoms with Crippen molar-refractivity contribution in [2.75, 3.05) is 5.75 Å². The molecule has 1 aliphatic carbocycles. The number of thioether (sulfide) groups is 1. The van der Waals surface area contributed by atoms with Gasteiger partial charge in [-0.2, -0.15) is 11.8 Å². The van der Waals surface area contributed by atoms with Crippen molar-refractivity contribution in [2.45, 2.75) is 83.3 Å². The summed E-state index contributed by atoms with van der Waals surface area (Å²) < 4.78 is 0. The summed E-state index contributed by atoms with van der Waals surface area (Å²) in [6.45, 7) is 8.83. The minimum absolute atomic E-state index is 0.0524. The predicted octanol–water partition coefficient (Wildman–Crippen LogP) is 3.24. The van der Waals surface area contributed by atoms with Gasteiger partial charge < -0.3 is 4.90 Å². The number of nitrogens with one attached hydrogen (secondary N) is 1. The predicted molar refractivity (Wildman–Crippen MR) is 86.9 cm³/mol. The second-order valence-corrected chi connectivity index (χ2v) is 8.14. The van der Waals surface area contributed by atoms with Gasteiger partial charge in [0.15, 0.2) is 0 Å². The first kappa shape index (κ1) is 16.2. The average molecular weight is 298 g/mol. The van der Waals surface area contributed by atoms with Crippen molar-refractivity contribution in [1.82, 2.24) is 10.2 Å². The summed E-state index contributed by atoms with van der Waals surface area (Å²) in [5.41, 5.74) is 0. The zero-order chi connectivity index (χ0) is 14.7. The summed E-state index contributed by atoms with van der Waals surface area (Å²) in [5, 5.41) is 4.33. The lowest BCUT2D eigenvalue weighted by Crippen LogP contribution is -2.44. The van der Waals surface area contributed by atoms with Crippen LogP contribution in [0, 0.1) is 5.92 Å². The van der Waals surface area contributed by atoms with Crippen LogP contribution < -0.4 is 5.32 Å². The molecule has 1 saturated heterocycles. The van der Waals surface area contributed by atoms with Crippen LogP contribution in [0.4, 0.5) is 0 Å². The van der Waals surface area contributed by atoms with Crippen LogP contribution in [-0.4, -0.2) is 40.1 Å². The normalized spacial score (nSPS) is 34.5. The molecule has 1 aliphatic heterocycles. The molecule has 0 aromatic heterocycles. The zero-order valence-corrected chi connectivity index (χ0v) is 14.2. The van der Waals surface area contributed by atoms with Gasteiger partial charge in [0.25, 0.3) is 0 Å². The van der Waals surface area contributed by atoms with E-state index in [-0.39, 0.29) is 12.2 Å². The largest absolute Gasteiger partial charge is 0.323 e. The molecule has 0 spiro atoms. The summed E-state index contributed by atoms with van der Waals surface area (Å²) in [6.07, 6.45) is 5.90. The highest BCUT2D eigenvalue weighted by Crippen LogP contribution is 2.35. The van der Waals surface area contributed by atoms with Gasteiger partial charge in [-0.3, -0.25) is 10.1 Å². The van der Waals surface area contributed by atoms with E-state index in [1.807, 2.05) is 0 Å². The third-order valence-electron chi connectivity index (χ3n) is 4.54. The van der Waals surface area contributed by atoms with Gasteiger partial charge in [0.05, 0.1) is 12.2 Å². The molecule has 1 heterocycles. The molecule has 4 heteroatoms. The van der Waals surface area contributed by atoms with E-state index in [9.17, 15) is 4.79 Å². The van der Waals surface area contributed by atoms with Gasteiger partial charge in [0, 0.05) is 11.3 Å². The maximum absolute atomic E-state index is 12.6. The lowest BCUT2D eigenvalue weighted by Gasteiger charge is -2.31. The molecule has 2 aliphatic rings. The molecule has 1 amide bonds. The fraction of sp³-hybridized carbons (Fsp3) is 0.938. The number of carbonyl (C=O) groups excluding carboxylic acids is 1. The summed E-state index contributed by atoms with van der Waals surface area (Å²) in [5.74, 6) is 2.17. The molecule has 0 radical (unpaired) electrons. The Hall–Kier alpha value is -0.220. The number of hydrogen-bond donors (Lipinski definition) is 1. The molecule has 20 heavy (non-hydrogen) atoms. The van der Waals surface area contributed by atoms with Crippen molar-refractivity contribution in [3.8, 4) is 0 Å². The van der Waals surface area contributed by atoms with Crippen LogP contribution in [0.25, 0.3) is 0 Å². The molecule has 1 saturated carbocycles. The standard InChI is InChI=1S/C16H30N2OS/c1-5-14-16(19)18(15(17-14)9-11(3)4)12-7-8-13(10-12)20-6-2/h11-15,17H,5-10H2,1-4H3. The molecule has 0 bridgehead atoms. The van der Waals surface area contributed by atoms with Crippen LogP contribution in [-0.2, 0) is 4.79 Å². The van der Waals surface area contributed by atoms with Gasteiger partial charge in [0.1, 0.15) is 0 Å². The van der Waals surface area contributed by atoms with Crippen LogP contribution in [0.5, 0.6) is 0 Å². The fourth-order valence-corrected chi connectivity index (χ4v) is 4.76. The van der Waals surface area contributed by atoms with Crippen LogP contribution in [0.2, 0.25) is 0 Å². The van der Waals surface area contributed by atoms with Gasteiger partial charge >= 0.3 is 0 Å². The van der Waals surface area contributed by atoms with Crippen LogP contribution in [0.15, 0.2) is 0 Å². The molecule has 4 unspecified atom stereocenters. The Balaban J connectivity index is 2.04. The third kappa shape index (κ3) is 3.51. The monoisotopic (exact) mass is 298 g/mol. The quantitative estimate of drug-likeness (QED) is 0.817. The molecule has 3 nitrogen and oxygen atoms in total. The van der Waals surface area contributed by atoms with E-state index in [1.54, 1.807) is 0 Å². The van der Waals surface area contributed by atoms with Crippen molar-refractivity contribution in [2.24, 2.45) is 5.92 Å². The van der Waals surface area contributed by atoms with Gasteiger partial charge in [0.2, 0.25) is 5.91 Å². The number of carbonyl (C=O) groups is 1. The van der Waals surface area contributed by atoms with E-state index in [4.69, 9.17) is 0 Å². The highest BCUT2D eigenvalue weighted by molar-refractivity contribution is 7.99. The van der Waals surface area contributed by atoms with E-state index >= 15 is 0 Å². The number of nitrogens with zero attached hydrogens (tertiary/aromatic N) is 1. The zero-order valence-electron chi connectivity index (χ0n) is 13.4. The number of hydrogen-bond acceptors (Lipinski definition) is 3. The first-order chi connectivity index (χ1) is 9.56. The molecule has 2 rings (SSSR count). The summed E-state index contributed by atoms with van der Waals surface area (Å²) >= 11 is 2.07. The van der Waals surface area contributed by atoms with Crippen LogP contribution in [0.3, 0.4) is 0 Å². The van der Waals surface area contributed by atoms with Crippen molar-refractivity contribution < 1.29 is 4.79 Å². The van der Waals surface area contributed by atoms with Gasteiger partial charge in [-0.05, 0) is 43.8 Å². The first-order valence-electron chi connectivity index (χ1n) is 8.26. The smallest absolute Gasteiger partial charge is 0.241 e. The maximum Gasteiger partial charge on any atom is 0.241 e. The molecule has 0 aromatic carbocycles. The molecule has 4 atom stereocenters. The third-order valence-corrected chi connectivity index (χ3v) is 5.77. The molecular weight excluding hydrogens is 268 g/mol. The summed E-state index contributed by atoms with van der Waals surface area (Å²) in [4.78, 5) is 14.8. The minimum Gasteiger partial charge on any atom is -0.323 e. The molecule has 0 aromatic rings. The van der Waals surface area contributed by atoms with Crippen LogP contribution in [0.1, 0.15) is 59.8 Å². The summed E-state index contributed by atoms with van der Waals surface area (Å²) in [7, 11) is 0. The van der Waals surface area contributed by atoms with Crippen molar-refractivity contribution in [3.05, 3.63) is 0 Å². The topological polar surface area (TPSA) is 32.3 Å². The first-order valence-corrected chi connectivity index (χ1v) is 9.31. The Morgan fingerprint density at radius 2 is 2.10 bits per heavy atom. The van der Waals surface area contributed by atoms with Crippen LogP contribution >= 0.6 is 11.8 Å². The highest BCUT2D eigenvalue weighted by atomic mass is 32.2. The van der Waals surface area contributed by atoms with Crippen molar-refractivity contribution in [3.63, 3.8) is 0 Å². The SMILES string of the molecule is CCSC1CCC(N2C(=O)C(CC)NC2CC(C)C)C1. The van der Waals surface area contributed by atoms with Gasteiger partial charge in [-0.15, -0.1) is 0 Å². The minimum atomic E-state index is 0.0524. The van der Waals surface area contributed by atoms with E-state index in [1.165, 1.54) is 25.0 Å². The van der Waals surface area contributed by atoms with E-state index in [2.05, 4.69) is 49.7 Å². The molecular formula is C16H30N2OS. The Morgan fingerprint density at radius 3 is 2.70 bits per heavy atom. The Labute approximate surface area is 128 Å². The Morgan fingerprint density at radius 1 is 1.35 bits per heavy atom. The van der Waals surface area contributed by atoms with Gasteiger partial charge in [-0.25, -0.2) is 0 Å². The highest BCUT2D eigenvalue weighted by Gasteiger charge is 2.43. The molecule has 1 N–H and O–H groups in total. The van der Waals surface area contributed by atoms with Gasteiger partial charge in [-0.1, -0.05) is 27.7 Å². The van der Waals surface area contributed by atoms with E-state index < -0.39 is 0 Å². The number of rotatable bonds is 6. The second kappa shape index (κ2) is 7.17. The molecule has 116 valence electrons. The Kier molecular flexibility index (Phi) is 5.79. The lowest BCUT2D eigenvalue weighted by atomic mass is 10.1. The van der Waals surface area contributed by atoms with E-state index in [0.717, 1.165) is 18.1 Å². The maximum atomic E-state index is 12.6. The van der Waals surface area contributed by atoms with Crippen molar-refractivity contribution in [1.29, 1.82) is 0 Å².